The number of fused-ring (bicyclic) bond motifs is 1. The smallest absolute Gasteiger partial charge is 0.231 e. The summed E-state index contributed by atoms with van der Waals surface area (Å²) in [4.78, 5) is 5.26. The molecule has 2 saturated heterocycles. The average Bonchev–Trinajstić information content (AvgIpc) is 3.33. The first-order valence-corrected chi connectivity index (χ1v) is 12.9. The van der Waals surface area contributed by atoms with Crippen LogP contribution in [0.5, 0.6) is 17.2 Å². The largest absolute Gasteiger partial charge is 0.493 e. The van der Waals surface area contributed by atoms with Crippen LogP contribution < -0.4 is 14.2 Å². The van der Waals surface area contributed by atoms with Gasteiger partial charge < -0.3 is 24.0 Å². The molecule has 0 radical (unpaired) electrons. The van der Waals surface area contributed by atoms with Crippen molar-refractivity contribution in [1.29, 1.82) is 0 Å². The molecule has 5 nitrogen and oxygen atoms in total. The van der Waals surface area contributed by atoms with Crippen molar-refractivity contribution in [3.63, 3.8) is 0 Å². The Morgan fingerprint density at radius 3 is 2.56 bits per heavy atom. The number of rotatable bonds is 8. The second kappa shape index (κ2) is 13.7. The summed E-state index contributed by atoms with van der Waals surface area (Å²) in [6.07, 6.45) is 6.33. The lowest BCUT2D eigenvalue weighted by atomic mass is 9.80. The maximum atomic E-state index is 13.6. The fraction of sp³-hybridized carbons (Fsp3) is 0.571. The Morgan fingerprint density at radius 2 is 1.75 bits per heavy atom. The predicted molar refractivity (Wildman–Crippen MR) is 146 cm³/mol. The summed E-state index contributed by atoms with van der Waals surface area (Å²) in [5.74, 6) is 2.85. The zero-order chi connectivity index (χ0) is 23.3. The van der Waals surface area contributed by atoms with E-state index in [1.807, 2.05) is 30.3 Å². The standard InChI is InChI=1S/C28H37FN2O3.2ClH/c1-21-5-2-3-14-31(21)15-4-13-30-16-12-26(22-6-8-24(29)9-7-22)23(18-30)19-32-25-10-11-27-28(17-25)34-20-33-27;;/h6-11,17,21,23,26H,2-5,12-16,18-20H2,1H3;2*1H/t21?,23-,26-;;/m1../s1. The van der Waals surface area contributed by atoms with E-state index in [4.69, 9.17) is 14.2 Å². The van der Waals surface area contributed by atoms with E-state index in [1.165, 1.54) is 44.3 Å². The summed E-state index contributed by atoms with van der Waals surface area (Å²) in [7, 11) is 0. The van der Waals surface area contributed by atoms with Gasteiger partial charge in [-0.2, -0.15) is 0 Å². The van der Waals surface area contributed by atoms with Crippen LogP contribution in [-0.2, 0) is 0 Å². The third-order valence-electron chi connectivity index (χ3n) is 7.78. The predicted octanol–water partition coefficient (Wildman–Crippen LogP) is 6.15. The van der Waals surface area contributed by atoms with Gasteiger partial charge in [0.05, 0.1) is 6.61 Å². The third kappa shape index (κ3) is 7.18. The molecule has 0 bridgehead atoms. The lowest BCUT2D eigenvalue weighted by Gasteiger charge is -2.39. The zero-order valence-corrected chi connectivity index (χ0v) is 22.7. The topological polar surface area (TPSA) is 34.2 Å². The molecule has 0 aromatic heterocycles. The normalized spacial score (nSPS) is 24.0. The summed E-state index contributed by atoms with van der Waals surface area (Å²) in [5, 5.41) is 0. The Bertz CT molecular complexity index is 949. The van der Waals surface area contributed by atoms with Gasteiger partial charge in [-0.3, -0.25) is 0 Å². The number of halogens is 3. The number of hydrogen-bond acceptors (Lipinski definition) is 5. The van der Waals surface area contributed by atoms with Gasteiger partial charge in [-0.25, -0.2) is 4.39 Å². The van der Waals surface area contributed by atoms with Crippen LogP contribution in [0.3, 0.4) is 0 Å². The van der Waals surface area contributed by atoms with Gasteiger partial charge >= 0.3 is 0 Å². The summed E-state index contributed by atoms with van der Waals surface area (Å²) in [6, 6.07) is 13.5. The van der Waals surface area contributed by atoms with Crippen LogP contribution in [0.15, 0.2) is 42.5 Å². The maximum absolute atomic E-state index is 13.6. The van der Waals surface area contributed by atoms with E-state index < -0.39 is 0 Å². The molecule has 0 saturated carbocycles. The summed E-state index contributed by atoms with van der Waals surface area (Å²) in [5.41, 5.74) is 1.21. The van der Waals surface area contributed by atoms with Gasteiger partial charge in [0.25, 0.3) is 0 Å². The first-order chi connectivity index (χ1) is 16.7. The van der Waals surface area contributed by atoms with Gasteiger partial charge in [-0.1, -0.05) is 18.6 Å². The Labute approximate surface area is 227 Å². The van der Waals surface area contributed by atoms with Gasteiger partial charge in [0.1, 0.15) is 11.6 Å². The van der Waals surface area contributed by atoms with Crippen molar-refractivity contribution in [2.24, 2.45) is 5.92 Å². The number of hydrogen-bond donors (Lipinski definition) is 0. The van der Waals surface area contributed by atoms with Crippen LogP contribution in [0.1, 0.15) is 50.5 Å². The minimum Gasteiger partial charge on any atom is -0.493 e. The van der Waals surface area contributed by atoms with E-state index >= 15 is 0 Å². The summed E-state index contributed by atoms with van der Waals surface area (Å²) < 4.78 is 30.7. The van der Waals surface area contributed by atoms with E-state index in [0.717, 1.165) is 49.3 Å². The molecule has 2 fully saturated rings. The quantitative estimate of drug-likeness (QED) is 0.401. The van der Waals surface area contributed by atoms with E-state index in [2.05, 4.69) is 16.7 Å². The van der Waals surface area contributed by atoms with Crippen LogP contribution in [0.25, 0.3) is 0 Å². The van der Waals surface area contributed by atoms with Crippen molar-refractivity contribution in [2.75, 3.05) is 46.1 Å². The Hall–Kier alpha value is -1.73. The molecular weight excluding hydrogens is 502 g/mol. The number of piperidine rings is 2. The fourth-order valence-electron chi connectivity index (χ4n) is 5.79. The highest BCUT2D eigenvalue weighted by Crippen LogP contribution is 2.37. The number of nitrogens with zero attached hydrogens (tertiary/aromatic N) is 2. The third-order valence-corrected chi connectivity index (χ3v) is 7.78. The molecule has 3 aliphatic heterocycles. The van der Waals surface area contributed by atoms with Crippen LogP contribution in [0, 0.1) is 11.7 Å². The van der Waals surface area contributed by atoms with Gasteiger partial charge in [0.2, 0.25) is 6.79 Å². The lowest BCUT2D eigenvalue weighted by Crippen LogP contribution is -2.44. The minimum atomic E-state index is -0.179. The highest BCUT2D eigenvalue weighted by Gasteiger charge is 2.31. The van der Waals surface area contributed by atoms with Crippen molar-refractivity contribution >= 4 is 24.8 Å². The molecule has 3 heterocycles. The lowest BCUT2D eigenvalue weighted by molar-refractivity contribution is 0.100. The number of benzene rings is 2. The first kappa shape index (κ1) is 28.8. The zero-order valence-electron chi connectivity index (χ0n) is 21.1. The number of likely N-dealkylation sites (tertiary alicyclic amines) is 2. The first-order valence-electron chi connectivity index (χ1n) is 12.9. The monoisotopic (exact) mass is 540 g/mol. The molecule has 0 spiro atoms. The minimum absolute atomic E-state index is 0. The summed E-state index contributed by atoms with van der Waals surface area (Å²) >= 11 is 0. The molecule has 5 rings (SSSR count). The molecule has 0 N–H and O–H groups in total. The Kier molecular flexibility index (Phi) is 11.0. The highest BCUT2D eigenvalue weighted by atomic mass is 35.5. The van der Waals surface area contributed by atoms with E-state index in [0.29, 0.717) is 18.4 Å². The van der Waals surface area contributed by atoms with Crippen LogP contribution in [-0.4, -0.2) is 62.0 Å². The Morgan fingerprint density at radius 1 is 0.944 bits per heavy atom. The highest BCUT2D eigenvalue weighted by molar-refractivity contribution is 5.85. The number of ether oxygens (including phenoxy) is 3. The second-order valence-corrected chi connectivity index (χ2v) is 10.1. The molecule has 2 aromatic carbocycles. The molecule has 200 valence electrons. The summed E-state index contributed by atoms with van der Waals surface area (Å²) in [6.45, 7) is 8.91. The van der Waals surface area contributed by atoms with Crippen molar-refractivity contribution in [3.05, 3.63) is 53.8 Å². The van der Waals surface area contributed by atoms with E-state index in [-0.39, 0.29) is 37.4 Å². The van der Waals surface area contributed by atoms with Crippen LogP contribution in [0.2, 0.25) is 0 Å². The van der Waals surface area contributed by atoms with Crippen LogP contribution in [0.4, 0.5) is 4.39 Å². The van der Waals surface area contributed by atoms with Gasteiger partial charge in [0, 0.05) is 24.6 Å². The maximum Gasteiger partial charge on any atom is 0.231 e. The van der Waals surface area contributed by atoms with E-state index in [1.54, 1.807) is 12.1 Å². The van der Waals surface area contributed by atoms with E-state index in [9.17, 15) is 4.39 Å². The Balaban J connectivity index is 0.00000180. The van der Waals surface area contributed by atoms with Crippen molar-refractivity contribution in [2.45, 2.75) is 51.0 Å². The fourth-order valence-corrected chi connectivity index (χ4v) is 5.79. The molecule has 1 unspecified atom stereocenters. The molecule has 36 heavy (non-hydrogen) atoms. The molecule has 2 aromatic rings. The van der Waals surface area contributed by atoms with Crippen molar-refractivity contribution in [3.8, 4) is 17.2 Å². The average molecular weight is 542 g/mol. The van der Waals surface area contributed by atoms with Crippen molar-refractivity contribution < 1.29 is 18.6 Å². The van der Waals surface area contributed by atoms with Gasteiger partial charge in [-0.05, 0) is 94.5 Å². The van der Waals surface area contributed by atoms with Crippen LogP contribution >= 0.6 is 24.8 Å². The molecule has 3 atom stereocenters. The second-order valence-electron chi connectivity index (χ2n) is 10.1. The molecular formula is C28H39Cl2FN2O3. The van der Waals surface area contributed by atoms with Gasteiger partial charge in [-0.15, -0.1) is 24.8 Å². The molecule has 0 aliphatic carbocycles. The molecule has 0 amide bonds. The van der Waals surface area contributed by atoms with Gasteiger partial charge in [0.15, 0.2) is 11.5 Å². The SMILES string of the molecule is CC1CCCCN1CCCN1CC[C@H](c2ccc(F)cc2)[C@@H](COc2ccc3c(c2)OCO3)C1.Cl.Cl. The molecule has 8 heteroatoms. The molecule has 3 aliphatic rings. The van der Waals surface area contributed by atoms with Crippen molar-refractivity contribution in [1.82, 2.24) is 9.80 Å².